The summed E-state index contributed by atoms with van der Waals surface area (Å²) in [7, 11) is 0. The Hall–Kier alpha value is -2.73. The highest BCUT2D eigenvalue weighted by molar-refractivity contribution is 5.94. The first-order valence-electron chi connectivity index (χ1n) is 9.10. The normalized spacial score (nSPS) is 16.1. The van der Waals surface area contributed by atoms with Gasteiger partial charge >= 0.3 is 5.97 Å². The summed E-state index contributed by atoms with van der Waals surface area (Å²) in [5.41, 5.74) is 1.58. The number of carbonyl (C=O) groups excluding carboxylic acids is 1. The minimum Gasteiger partial charge on any atom is -0.481 e. The van der Waals surface area contributed by atoms with Crippen molar-refractivity contribution in [1.82, 2.24) is 9.80 Å². The number of carboxylic acid groups (broad SMARTS) is 1. The Balaban J connectivity index is 1.65. The molecule has 0 aliphatic carbocycles. The second-order valence-electron chi connectivity index (χ2n) is 6.69. The lowest BCUT2D eigenvalue weighted by Crippen LogP contribution is -2.49. The van der Waals surface area contributed by atoms with Crippen LogP contribution in [0.1, 0.15) is 34.8 Å². The zero-order valence-electron chi connectivity index (χ0n) is 15.1. The number of benzene rings is 2. The molecular weight excluding hydrogens is 347 g/mol. The molecule has 5 nitrogen and oxygen atoms in total. The van der Waals surface area contributed by atoms with Gasteiger partial charge in [0.2, 0.25) is 0 Å². The van der Waals surface area contributed by atoms with Gasteiger partial charge < -0.3 is 10.0 Å². The van der Waals surface area contributed by atoms with Crippen molar-refractivity contribution in [3.8, 4) is 0 Å². The SMILES string of the molecule is O=C(O)CC[C@H](c1ccccc1)N1CCN(C(=O)c2ccc(F)cc2)CC1. The van der Waals surface area contributed by atoms with Crippen LogP contribution >= 0.6 is 0 Å². The molecular formula is C21H23FN2O3. The van der Waals surface area contributed by atoms with E-state index >= 15 is 0 Å². The number of aliphatic carboxylic acids is 1. The first-order valence-corrected chi connectivity index (χ1v) is 9.10. The van der Waals surface area contributed by atoms with Gasteiger partial charge in [0.1, 0.15) is 5.82 Å². The molecule has 27 heavy (non-hydrogen) atoms. The van der Waals surface area contributed by atoms with Crippen molar-refractivity contribution in [2.75, 3.05) is 26.2 Å². The van der Waals surface area contributed by atoms with E-state index in [0.29, 0.717) is 38.2 Å². The number of halogens is 1. The zero-order valence-corrected chi connectivity index (χ0v) is 15.1. The number of hydrogen-bond acceptors (Lipinski definition) is 3. The van der Waals surface area contributed by atoms with Crippen molar-refractivity contribution < 1.29 is 19.1 Å². The van der Waals surface area contributed by atoms with Crippen LogP contribution in [-0.2, 0) is 4.79 Å². The maximum absolute atomic E-state index is 13.0. The summed E-state index contributed by atoms with van der Waals surface area (Å²) >= 11 is 0. The molecule has 1 saturated heterocycles. The van der Waals surface area contributed by atoms with Crippen molar-refractivity contribution in [2.24, 2.45) is 0 Å². The number of carboxylic acids is 1. The maximum Gasteiger partial charge on any atom is 0.303 e. The number of rotatable bonds is 6. The van der Waals surface area contributed by atoms with Crippen LogP contribution in [0.25, 0.3) is 0 Å². The topological polar surface area (TPSA) is 60.9 Å². The molecule has 0 saturated carbocycles. The average Bonchev–Trinajstić information content (AvgIpc) is 2.69. The molecule has 1 heterocycles. The van der Waals surface area contributed by atoms with Crippen molar-refractivity contribution >= 4 is 11.9 Å². The van der Waals surface area contributed by atoms with E-state index in [-0.39, 0.29) is 24.2 Å². The molecule has 1 atom stereocenters. The summed E-state index contributed by atoms with van der Waals surface area (Å²) < 4.78 is 13.0. The molecule has 3 rings (SSSR count). The summed E-state index contributed by atoms with van der Waals surface area (Å²) in [5.74, 6) is -1.27. The first-order chi connectivity index (χ1) is 13.0. The highest BCUT2D eigenvalue weighted by Crippen LogP contribution is 2.27. The van der Waals surface area contributed by atoms with Crippen LogP contribution in [0.5, 0.6) is 0 Å². The smallest absolute Gasteiger partial charge is 0.303 e. The average molecular weight is 370 g/mol. The van der Waals surface area contributed by atoms with Gasteiger partial charge in [-0.1, -0.05) is 30.3 Å². The fourth-order valence-electron chi connectivity index (χ4n) is 3.51. The van der Waals surface area contributed by atoms with Gasteiger partial charge in [0, 0.05) is 44.2 Å². The van der Waals surface area contributed by atoms with Crippen molar-refractivity contribution in [2.45, 2.75) is 18.9 Å². The van der Waals surface area contributed by atoms with Gasteiger partial charge in [-0.25, -0.2) is 4.39 Å². The second-order valence-corrected chi connectivity index (χ2v) is 6.69. The molecule has 1 N–H and O–H groups in total. The fourth-order valence-corrected chi connectivity index (χ4v) is 3.51. The Bertz CT molecular complexity index is 772. The Morgan fingerprint density at radius 3 is 2.19 bits per heavy atom. The lowest BCUT2D eigenvalue weighted by Gasteiger charge is -2.39. The Morgan fingerprint density at radius 2 is 1.59 bits per heavy atom. The molecule has 1 aliphatic rings. The Morgan fingerprint density at radius 1 is 0.963 bits per heavy atom. The second kappa shape index (κ2) is 8.77. The predicted molar refractivity (Wildman–Crippen MR) is 99.9 cm³/mol. The molecule has 0 radical (unpaired) electrons. The summed E-state index contributed by atoms with van der Waals surface area (Å²) in [6.45, 7) is 2.47. The molecule has 1 fully saturated rings. The van der Waals surface area contributed by atoms with Gasteiger partial charge in [-0.2, -0.15) is 0 Å². The van der Waals surface area contributed by atoms with Crippen molar-refractivity contribution in [3.63, 3.8) is 0 Å². The number of amides is 1. The number of hydrogen-bond donors (Lipinski definition) is 1. The number of nitrogens with zero attached hydrogens (tertiary/aromatic N) is 2. The third-order valence-corrected chi connectivity index (χ3v) is 4.95. The van der Waals surface area contributed by atoms with Crippen LogP contribution in [0.2, 0.25) is 0 Å². The number of piperazine rings is 1. The van der Waals surface area contributed by atoms with E-state index in [2.05, 4.69) is 4.90 Å². The van der Waals surface area contributed by atoms with E-state index in [1.807, 2.05) is 30.3 Å². The first kappa shape index (κ1) is 19.0. The van der Waals surface area contributed by atoms with E-state index in [4.69, 9.17) is 5.11 Å². The summed E-state index contributed by atoms with van der Waals surface area (Å²) in [4.78, 5) is 27.6. The van der Waals surface area contributed by atoms with E-state index in [1.54, 1.807) is 4.90 Å². The standard InChI is InChI=1S/C21H23FN2O3/c22-18-8-6-17(7-9-18)21(27)24-14-12-23(13-15-24)19(10-11-20(25)26)16-4-2-1-3-5-16/h1-9,19H,10-15H2,(H,25,26)/t19-/m1/s1. The third-order valence-electron chi connectivity index (χ3n) is 4.95. The molecule has 0 unspecified atom stereocenters. The Kier molecular flexibility index (Phi) is 6.19. The fraction of sp³-hybridized carbons (Fsp3) is 0.333. The molecule has 2 aromatic rings. The van der Waals surface area contributed by atoms with Crippen LogP contribution < -0.4 is 0 Å². The molecule has 6 heteroatoms. The van der Waals surface area contributed by atoms with Gasteiger partial charge in [0.05, 0.1) is 0 Å². The highest BCUT2D eigenvalue weighted by atomic mass is 19.1. The molecule has 0 bridgehead atoms. The molecule has 1 aliphatic heterocycles. The quantitative estimate of drug-likeness (QED) is 0.848. The van der Waals surface area contributed by atoms with E-state index < -0.39 is 5.97 Å². The van der Waals surface area contributed by atoms with Gasteiger partial charge in [-0.15, -0.1) is 0 Å². The van der Waals surface area contributed by atoms with Crippen LogP contribution in [0.15, 0.2) is 54.6 Å². The lowest BCUT2D eigenvalue weighted by atomic mass is 9.99. The minimum absolute atomic E-state index is 0.0189. The summed E-state index contributed by atoms with van der Waals surface area (Å²) in [6, 6.07) is 15.5. The summed E-state index contributed by atoms with van der Waals surface area (Å²) in [5, 5.41) is 9.07. The van der Waals surface area contributed by atoms with E-state index in [0.717, 1.165) is 5.56 Å². The van der Waals surface area contributed by atoms with Crippen LogP contribution in [0.4, 0.5) is 4.39 Å². The van der Waals surface area contributed by atoms with Gasteiger partial charge in [-0.3, -0.25) is 14.5 Å². The van der Waals surface area contributed by atoms with Gasteiger partial charge in [0.25, 0.3) is 5.91 Å². The van der Waals surface area contributed by atoms with Crippen LogP contribution in [0.3, 0.4) is 0 Å². The van der Waals surface area contributed by atoms with Gasteiger partial charge in [-0.05, 0) is 36.2 Å². The third kappa shape index (κ3) is 4.92. The molecule has 142 valence electrons. The van der Waals surface area contributed by atoms with Crippen LogP contribution in [0, 0.1) is 5.82 Å². The van der Waals surface area contributed by atoms with Crippen LogP contribution in [-0.4, -0.2) is 53.0 Å². The zero-order chi connectivity index (χ0) is 19.2. The van der Waals surface area contributed by atoms with E-state index in [9.17, 15) is 14.0 Å². The molecule has 0 spiro atoms. The largest absolute Gasteiger partial charge is 0.481 e. The van der Waals surface area contributed by atoms with E-state index in [1.165, 1.54) is 24.3 Å². The molecule has 0 aromatic heterocycles. The highest BCUT2D eigenvalue weighted by Gasteiger charge is 2.27. The monoisotopic (exact) mass is 370 g/mol. The summed E-state index contributed by atoms with van der Waals surface area (Å²) in [6.07, 6.45) is 0.638. The maximum atomic E-state index is 13.0. The molecule has 1 amide bonds. The lowest BCUT2D eigenvalue weighted by molar-refractivity contribution is -0.137. The Labute approximate surface area is 158 Å². The van der Waals surface area contributed by atoms with Crippen molar-refractivity contribution in [3.05, 3.63) is 71.5 Å². The molecule has 2 aromatic carbocycles. The van der Waals surface area contributed by atoms with Gasteiger partial charge in [0.15, 0.2) is 0 Å². The minimum atomic E-state index is -0.805. The number of carbonyl (C=O) groups is 2. The van der Waals surface area contributed by atoms with Crippen molar-refractivity contribution in [1.29, 1.82) is 0 Å². The predicted octanol–water partition coefficient (Wildman–Crippen LogP) is 3.19.